The first kappa shape index (κ1) is 22.0. The summed E-state index contributed by atoms with van der Waals surface area (Å²) in [4.78, 5) is 0. The molecule has 0 aliphatic rings. The molecule has 0 N–H and O–H groups in total. The Hall–Kier alpha value is -1.04. The molecule has 0 radical (unpaired) electrons. The molecule has 0 spiro atoms. The average molecular weight is 411 g/mol. The van der Waals surface area contributed by atoms with Gasteiger partial charge in [0.05, 0.1) is 0 Å². The van der Waals surface area contributed by atoms with Crippen LogP contribution in [0.1, 0.15) is 63.5 Å². The molecule has 0 heterocycles. The molecule has 2 unspecified atom stereocenters. The first-order valence-corrected chi connectivity index (χ1v) is 8.01. The van der Waals surface area contributed by atoms with Crippen LogP contribution in [0.2, 0.25) is 0 Å². The summed E-state index contributed by atoms with van der Waals surface area (Å²) < 4.78 is 0. The normalized spacial score (nSPS) is 12.3. The van der Waals surface area contributed by atoms with Crippen molar-refractivity contribution >= 4 is 0 Å². The molecule has 2 aromatic carbocycles. The minimum Gasteiger partial charge on any atom is -0.872 e. The van der Waals surface area contributed by atoms with Crippen molar-refractivity contribution in [3.63, 3.8) is 0 Å². The zero-order valence-electron chi connectivity index (χ0n) is 14.7. The third kappa shape index (κ3) is 7.86. The molecule has 2 aromatic rings. The van der Waals surface area contributed by atoms with Gasteiger partial charge in [-0.05, 0) is 35.8 Å². The van der Waals surface area contributed by atoms with Crippen molar-refractivity contribution in [1.29, 1.82) is 0 Å². The van der Waals surface area contributed by atoms with E-state index in [0.717, 1.165) is 12.8 Å². The van der Waals surface area contributed by atoms with E-state index in [1.165, 1.54) is 11.1 Å². The van der Waals surface area contributed by atoms with E-state index in [0.29, 0.717) is 11.8 Å². The van der Waals surface area contributed by atoms with E-state index in [9.17, 15) is 10.2 Å². The predicted molar refractivity (Wildman–Crippen MR) is 89.2 cm³/mol. The Bertz CT molecular complexity index is 483. The van der Waals surface area contributed by atoms with E-state index in [-0.39, 0.29) is 38.8 Å². The van der Waals surface area contributed by atoms with Gasteiger partial charge in [0.1, 0.15) is 0 Å². The van der Waals surface area contributed by atoms with Crippen molar-refractivity contribution in [3.8, 4) is 11.5 Å². The van der Waals surface area contributed by atoms with Crippen LogP contribution in [0.15, 0.2) is 48.5 Å². The topological polar surface area (TPSA) is 46.1 Å². The SMILES string of the molecule is CCC(C)c1ccc([O-])cc1.CCC(C)c1ccc([O-])cc1.[Cd+2]. The molecular weight excluding hydrogens is 385 g/mol. The van der Waals surface area contributed by atoms with Crippen LogP contribution in [0.3, 0.4) is 0 Å². The van der Waals surface area contributed by atoms with Crippen LogP contribution in [0.25, 0.3) is 0 Å². The van der Waals surface area contributed by atoms with Crippen LogP contribution in [-0.4, -0.2) is 0 Å². The summed E-state index contributed by atoms with van der Waals surface area (Å²) in [6, 6.07) is 14.2. The number of hydrogen-bond acceptors (Lipinski definition) is 2. The Balaban J connectivity index is 0.000000403. The number of hydrogen-bond donors (Lipinski definition) is 0. The molecule has 3 heteroatoms. The molecule has 0 fully saturated rings. The second kappa shape index (κ2) is 11.5. The van der Waals surface area contributed by atoms with Crippen LogP contribution in [0.4, 0.5) is 0 Å². The van der Waals surface area contributed by atoms with E-state index in [1.54, 1.807) is 24.3 Å². The Labute approximate surface area is 160 Å². The van der Waals surface area contributed by atoms with Crippen molar-refractivity contribution in [3.05, 3.63) is 59.7 Å². The molecule has 0 bridgehead atoms. The van der Waals surface area contributed by atoms with Crippen molar-refractivity contribution in [2.75, 3.05) is 0 Å². The summed E-state index contributed by atoms with van der Waals surface area (Å²) in [5.74, 6) is 1.32. The molecule has 0 aliphatic heterocycles. The molecular formula is C20H26CdO2. The molecule has 0 aromatic heterocycles. The summed E-state index contributed by atoms with van der Waals surface area (Å²) >= 11 is 0. The van der Waals surface area contributed by atoms with Crippen LogP contribution in [0.5, 0.6) is 11.5 Å². The molecule has 2 atom stereocenters. The molecule has 0 saturated heterocycles. The first-order valence-electron chi connectivity index (χ1n) is 8.01. The van der Waals surface area contributed by atoms with E-state index in [1.807, 2.05) is 24.3 Å². The third-order valence-corrected chi connectivity index (χ3v) is 4.12. The fourth-order valence-electron chi connectivity index (χ4n) is 2.06. The smallest absolute Gasteiger partial charge is 0.872 e. The third-order valence-electron chi connectivity index (χ3n) is 4.12. The first-order chi connectivity index (χ1) is 10.5. The van der Waals surface area contributed by atoms with Gasteiger partial charge in [0.15, 0.2) is 0 Å². The summed E-state index contributed by atoms with van der Waals surface area (Å²) in [6.45, 7) is 8.63. The fraction of sp³-hybridized carbons (Fsp3) is 0.400. The zero-order valence-corrected chi connectivity index (χ0v) is 18.7. The summed E-state index contributed by atoms with van der Waals surface area (Å²) in [7, 11) is 0. The van der Waals surface area contributed by atoms with E-state index in [4.69, 9.17) is 0 Å². The van der Waals surface area contributed by atoms with Crippen molar-refractivity contribution < 1.29 is 37.5 Å². The Morgan fingerprint density at radius 3 is 1.13 bits per heavy atom. The van der Waals surface area contributed by atoms with Crippen LogP contribution in [0, 0.1) is 0 Å². The van der Waals surface area contributed by atoms with Crippen molar-refractivity contribution in [1.82, 2.24) is 0 Å². The monoisotopic (exact) mass is 412 g/mol. The largest absolute Gasteiger partial charge is 2.00 e. The average Bonchev–Trinajstić information content (AvgIpc) is 2.55. The van der Waals surface area contributed by atoms with Gasteiger partial charge in [-0.3, -0.25) is 0 Å². The molecule has 2 nitrogen and oxygen atoms in total. The van der Waals surface area contributed by atoms with Crippen molar-refractivity contribution in [2.24, 2.45) is 0 Å². The minimum absolute atomic E-state index is 0. The Morgan fingerprint density at radius 1 is 0.652 bits per heavy atom. The van der Waals surface area contributed by atoms with Gasteiger partial charge in [-0.15, -0.1) is 11.5 Å². The standard InChI is InChI=1S/2C10H14O.Cd/c2*1-3-8(2)9-4-6-10(11)7-5-9;/h2*4-8,11H,3H2,1-2H3;/q;;+2/p-2. The van der Waals surface area contributed by atoms with Gasteiger partial charge < -0.3 is 10.2 Å². The molecule has 0 amide bonds. The van der Waals surface area contributed by atoms with Gasteiger partial charge in [-0.2, -0.15) is 0 Å². The molecule has 2 rings (SSSR count). The molecule has 120 valence electrons. The van der Waals surface area contributed by atoms with Crippen LogP contribution >= 0.6 is 0 Å². The van der Waals surface area contributed by atoms with Crippen LogP contribution < -0.4 is 10.2 Å². The van der Waals surface area contributed by atoms with E-state index >= 15 is 0 Å². The Morgan fingerprint density at radius 2 is 0.913 bits per heavy atom. The molecule has 23 heavy (non-hydrogen) atoms. The summed E-state index contributed by atoms with van der Waals surface area (Å²) in [6.07, 6.45) is 2.25. The van der Waals surface area contributed by atoms with Gasteiger partial charge in [0, 0.05) is 0 Å². The summed E-state index contributed by atoms with van der Waals surface area (Å²) in [5, 5.41) is 21.5. The summed E-state index contributed by atoms with van der Waals surface area (Å²) in [5.41, 5.74) is 2.51. The van der Waals surface area contributed by atoms with E-state index < -0.39 is 0 Å². The predicted octanol–water partition coefficient (Wildman–Crippen LogP) is 4.54. The second-order valence-electron chi connectivity index (χ2n) is 5.76. The second-order valence-corrected chi connectivity index (χ2v) is 5.76. The van der Waals surface area contributed by atoms with Gasteiger partial charge in [0.25, 0.3) is 0 Å². The maximum atomic E-state index is 10.7. The maximum absolute atomic E-state index is 10.7. The minimum atomic E-state index is 0. The van der Waals surface area contributed by atoms with Gasteiger partial charge in [0.2, 0.25) is 0 Å². The van der Waals surface area contributed by atoms with Crippen molar-refractivity contribution in [2.45, 2.75) is 52.4 Å². The molecule has 0 aliphatic carbocycles. The number of rotatable bonds is 4. The fourth-order valence-corrected chi connectivity index (χ4v) is 2.06. The van der Waals surface area contributed by atoms with Gasteiger partial charge >= 0.3 is 27.3 Å². The van der Waals surface area contributed by atoms with Gasteiger partial charge in [-0.1, -0.05) is 76.2 Å². The van der Waals surface area contributed by atoms with Crippen LogP contribution in [-0.2, 0) is 27.3 Å². The maximum Gasteiger partial charge on any atom is 2.00 e. The molecule has 0 saturated carbocycles. The number of benzene rings is 2. The quantitative estimate of drug-likeness (QED) is 0.694. The van der Waals surface area contributed by atoms with E-state index in [2.05, 4.69) is 27.7 Å². The van der Waals surface area contributed by atoms with Gasteiger partial charge in [-0.25, -0.2) is 0 Å². The Kier molecular flexibility index (Phi) is 11.0. The zero-order chi connectivity index (χ0) is 16.5.